The molecule has 0 aromatic carbocycles. The highest BCUT2D eigenvalue weighted by Crippen LogP contribution is 2.34. The number of nitrogens with one attached hydrogen (secondary N) is 1. The van der Waals surface area contributed by atoms with Crippen LogP contribution in [0.2, 0.25) is 0 Å². The predicted molar refractivity (Wildman–Crippen MR) is 65.8 cm³/mol. The highest BCUT2D eigenvalue weighted by molar-refractivity contribution is 9.10. The third-order valence-corrected chi connectivity index (χ3v) is 3.53. The van der Waals surface area contributed by atoms with Crippen molar-refractivity contribution in [1.29, 1.82) is 0 Å². The normalized spacial score (nSPS) is 17.7. The molecule has 0 bridgehead atoms. The van der Waals surface area contributed by atoms with Crippen molar-refractivity contribution in [3.8, 4) is 0 Å². The molecule has 3 heteroatoms. The van der Waals surface area contributed by atoms with Gasteiger partial charge in [0, 0.05) is 22.4 Å². The molecule has 1 saturated carbocycles. The SMILES string of the molecule is CNC(CCc1ccc(Br)cn1)C1CC1. The van der Waals surface area contributed by atoms with Gasteiger partial charge in [-0.2, -0.15) is 0 Å². The van der Waals surface area contributed by atoms with Crippen LogP contribution in [0.3, 0.4) is 0 Å². The van der Waals surface area contributed by atoms with E-state index in [0.29, 0.717) is 6.04 Å². The Morgan fingerprint density at radius 2 is 2.33 bits per heavy atom. The molecule has 0 spiro atoms. The van der Waals surface area contributed by atoms with Crippen LogP contribution in [-0.2, 0) is 6.42 Å². The topological polar surface area (TPSA) is 24.9 Å². The van der Waals surface area contributed by atoms with Gasteiger partial charge in [0.05, 0.1) is 0 Å². The number of aromatic nitrogens is 1. The van der Waals surface area contributed by atoms with E-state index in [-0.39, 0.29) is 0 Å². The van der Waals surface area contributed by atoms with E-state index in [1.165, 1.54) is 25.0 Å². The number of halogens is 1. The average molecular weight is 269 g/mol. The van der Waals surface area contributed by atoms with Crippen molar-refractivity contribution in [1.82, 2.24) is 10.3 Å². The minimum atomic E-state index is 0.690. The largest absolute Gasteiger partial charge is 0.317 e. The molecule has 2 rings (SSSR count). The van der Waals surface area contributed by atoms with Crippen molar-refractivity contribution in [3.63, 3.8) is 0 Å². The number of aryl methyl sites for hydroxylation is 1. The summed E-state index contributed by atoms with van der Waals surface area (Å²) < 4.78 is 1.05. The lowest BCUT2D eigenvalue weighted by molar-refractivity contribution is 0.468. The summed E-state index contributed by atoms with van der Waals surface area (Å²) in [6.45, 7) is 0. The Morgan fingerprint density at radius 3 is 2.87 bits per heavy atom. The first kappa shape index (κ1) is 11.1. The van der Waals surface area contributed by atoms with Gasteiger partial charge in [0.15, 0.2) is 0 Å². The molecule has 0 radical (unpaired) electrons. The van der Waals surface area contributed by atoms with E-state index in [1.54, 1.807) is 0 Å². The van der Waals surface area contributed by atoms with Crippen LogP contribution in [0, 0.1) is 5.92 Å². The zero-order valence-electron chi connectivity index (χ0n) is 9.04. The number of nitrogens with zero attached hydrogens (tertiary/aromatic N) is 1. The summed E-state index contributed by atoms with van der Waals surface area (Å²) in [5, 5.41) is 3.41. The fraction of sp³-hybridized carbons (Fsp3) is 0.583. The van der Waals surface area contributed by atoms with Gasteiger partial charge in [0.1, 0.15) is 0 Å². The third kappa shape index (κ3) is 3.28. The van der Waals surface area contributed by atoms with E-state index in [0.717, 1.165) is 16.8 Å². The summed E-state index contributed by atoms with van der Waals surface area (Å²) in [6, 6.07) is 4.85. The molecule has 1 N–H and O–H groups in total. The van der Waals surface area contributed by atoms with Gasteiger partial charge in [0.25, 0.3) is 0 Å². The van der Waals surface area contributed by atoms with Crippen LogP contribution in [0.25, 0.3) is 0 Å². The van der Waals surface area contributed by atoms with Crippen LogP contribution in [-0.4, -0.2) is 18.1 Å². The number of hydrogen-bond donors (Lipinski definition) is 1. The van der Waals surface area contributed by atoms with Gasteiger partial charge in [-0.25, -0.2) is 0 Å². The molecule has 0 saturated heterocycles. The molecule has 1 fully saturated rings. The molecule has 0 amide bonds. The quantitative estimate of drug-likeness (QED) is 0.889. The lowest BCUT2D eigenvalue weighted by atomic mass is 10.1. The summed E-state index contributed by atoms with van der Waals surface area (Å²) in [7, 11) is 2.07. The second kappa shape index (κ2) is 5.08. The number of hydrogen-bond acceptors (Lipinski definition) is 2. The first-order valence-corrected chi connectivity index (χ1v) is 6.36. The first-order chi connectivity index (χ1) is 7.29. The molecular formula is C12H17BrN2. The fourth-order valence-corrected chi connectivity index (χ4v) is 2.21. The zero-order valence-corrected chi connectivity index (χ0v) is 10.6. The molecule has 1 aromatic rings. The summed E-state index contributed by atoms with van der Waals surface area (Å²) in [6.07, 6.45) is 6.96. The lowest BCUT2D eigenvalue weighted by Crippen LogP contribution is -2.27. The Bertz CT molecular complexity index is 306. The van der Waals surface area contributed by atoms with Gasteiger partial charge in [-0.15, -0.1) is 0 Å². The highest BCUT2D eigenvalue weighted by Gasteiger charge is 2.29. The molecule has 1 atom stereocenters. The molecule has 1 aliphatic rings. The monoisotopic (exact) mass is 268 g/mol. The summed E-state index contributed by atoms with van der Waals surface area (Å²) >= 11 is 3.40. The van der Waals surface area contributed by atoms with E-state index in [2.05, 4.69) is 45.4 Å². The van der Waals surface area contributed by atoms with E-state index >= 15 is 0 Å². The smallest absolute Gasteiger partial charge is 0.0413 e. The fourth-order valence-electron chi connectivity index (χ4n) is 1.97. The molecule has 82 valence electrons. The minimum absolute atomic E-state index is 0.690. The maximum Gasteiger partial charge on any atom is 0.0413 e. The van der Waals surface area contributed by atoms with Crippen LogP contribution in [0.4, 0.5) is 0 Å². The third-order valence-electron chi connectivity index (χ3n) is 3.06. The van der Waals surface area contributed by atoms with Crippen LogP contribution in [0.15, 0.2) is 22.8 Å². The first-order valence-electron chi connectivity index (χ1n) is 5.57. The summed E-state index contributed by atoms with van der Waals surface area (Å²) in [5.41, 5.74) is 1.19. The summed E-state index contributed by atoms with van der Waals surface area (Å²) in [5.74, 6) is 0.922. The lowest BCUT2D eigenvalue weighted by Gasteiger charge is -2.14. The van der Waals surface area contributed by atoms with Crippen molar-refractivity contribution >= 4 is 15.9 Å². The van der Waals surface area contributed by atoms with Crippen LogP contribution >= 0.6 is 15.9 Å². The van der Waals surface area contributed by atoms with Crippen LogP contribution in [0.1, 0.15) is 25.0 Å². The molecule has 0 aliphatic heterocycles. The Hall–Kier alpha value is -0.410. The predicted octanol–water partition coefficient (Wildman–Crippen LogP) is 2.77. The standard InChI is InChI=1S/C12H17BrN2/c1-14-12(9-2-3-9)7-6-11-5-4-10(13)8-15-11/h4-5,8-9,12,14H,2-3,6-7H2,1H3. The highest BCUT2D eigenvalue weighted by atomic mass is 79.9. The van der Waals surface area contributed by atoms with Gasteiger partial charge in [-0.3, -0.25) is 4.98 Å². The van der Waals surface area contributed by atoms with Crippen molar-refractivity contribution in [2.24, 2.45) is 5.92 Å². The van der Waals surface area contributed by atoms with Gasteiger partial charge >= 0.3 is 0 Å². The van der Waals surface area contributed by atoms with E-state index in [4.69, 9.17) is 0 Å². The van der Waals surface area contributed by atoms with Crippen molar-refractivity contribution in [3.05, 3.63) is 28.5 Å². The number of pyridine rings is 1. The zero-order chi connectivity index (χ0) is 10.7. The van der Waals surface area contributed by atoms with Crippen LogP contribution in [0.5, 0.6) is 0 Å². The van der Waals surface area contributed by atoms with Gasteiger partial charge in [0.2, 0.25) is 0 Å². The van der Waals surface area contributed by atoms with E-state index in [1.807, 2.05) is 6.20 Å². The van der Waals surface area contributed by atoms with E-state index in [9.17, 15) is 0 Å². The Labute approximate surface area is 99.6 Å². The second-order valence-corrected chi connectivity index (χ2v) is 5.15. The van der Waals surface area contributed by atoms with Gasteiger partial charge < -0.3 is 5.32 Å². The van der Waals surface area contributed by atoms with E-state index < -0.39 is 0 Å². The maximum absolute atomic E-state index is 4.39. The molecular weight excluding hydrogens is 252 g/mol. The minimum Gasteiger partial charge on any atom is -0.317 e. The summed E-state index contributed by atoms with van der Waals surface area (Å²) in [4.78, 5) is 4.39. The Morgan fingerprint density at radius 1 is 1.53 bits per heavy atom. The average Bonchev–Trinajstić information content (AvgIpc) is 3.06. The van der Waals surface area contributed by atoms with Crippen molar-refractivity contribution in [2.45, 2.75) is 31.7 Å². The Kier molecular flexibility index (Phi) is 3.76. The molecule has 1 aromatic heterocycles. The Balaban J connectivity index is 1.83. The molecule has 2 nitrogen and oxygen atoms in total. The van der Waals surface area contributed by atoms with Crippen LogP contribution < -0.4 is 5.32 Å². The molecule has 1 unspecified atom stereocenters. The van der Waals surface area contributed by atoms with Crippen molar-refractivity contribution < 1.29 is 0 Å². The van der Waals surface area contributed by atoms with Crippen molar-refractivity contribution in [2.75, 3.05) is 7.05 Å². The molecule has 15 heavy (non-hydrogen) atoms. The molecule has 1 aliphatic carbocycles. The number of rotatable bonds is 5. The molecule has 1 heterocycles. The van der Waals surface area contributed by atoms with Gasteiger partial charge in [-0.05, 0) is 66.7 Å². The second-order valence-electron chi connectivity index (χ2n) is 4.24. The van der Waals surface area contributed by atoms with Gasteiger partial charge in [-0.1, -0.05) is 0 Å². The maximum atomic E-state index is 4.39.